The van der Waals surface area contributed by atoms with Crippen molar-refractivity contribution in [3.05, 3.63) is 18.2 Å². The summed E-state index contributed by atoms with van der Waals surface area (Å²) < 4.78 is 0. The molecule has 0 spiro atoms. The number of rotatable bonds is 3. The van der Waals surface area contributed by atoms with Gasteiger partial charge in [0, 0.05) is 17.8 Å². The van der Waals surface area contributed by atoms with E-state index in [1.807, 2.05) is 6.20 Å². The van der Waals surface area contributed by atoms with E-state index in [1.54, 1.807) is 6.33 Å². The third-order valence-corrected chi connectivity index (χ3v) is 1.94. The molecule has 0 amide bonds. The molecule has 1 heterocycles. The Hall–Kier alpha value is -0.790. The fourth-order valence-corrected chi connectivity index (χ4v) is 1.22. The van der Waals surface area contributed by atoms with Crippen LogP contribution in [0.1, 0.15) is 38.3 Å². The van der Waals surface area contributed by atoms with Gasteiger partial charge in [-0.1, -0.05) is 13.8 Å². The molecule has 0 bridgehead atoms. The molecule has 0 aliphatic carbocycles. The first-order valence-electron chi connectivity index (χ1n) is 3.86. The lowest BCUT2D eigenvalue weighted by molar-refractivity contribution is 0.626. The van der Waals surface area contributed by atoms with Crippen LogP contribution in [-0.2, 0) is 0 Å². The van der Waals surface area contributed by atoms with Crippen molar-refractivity contribution >= 4 is 0 Å². The standard InChI is InChI=1S/C8H14N2/c1-3-7(4-2)8-5-9-6-10-8/h5-7H,3-4H2,1-2H3,(H,9,10). The van der Waals surface area contributed by atoms with Gasteiger partial charge in [-0.15, -0.1) is 0 Å². The lowest BCUT2D eigenvalue weighted by Gasteiger charge is -2.07. The molecule has 0 atom stereocenters. The molecule has 0 aromatic carbocycles. The lowest BCUT2D eigenvalue weighted by Crippen LogP contribution is -1.94. The minimum atomic E-state index is 0.669. The van der Waals surface area contributed by atoms with E-state index in [2.05, 4.69) is 23.8 Å². The highest BCUT2D eigenvalue weighted by molar-refractivity contribution is 5.02. The van der Waals surface area contributed by atoms with Gasteiger partial charge in [0.25, 0.3) is 0 Å². The van der Waals surface area contributed by atoms with Crippen LogP contribution in [0.5, 0.6) is 0 Å². The molecule has 2 nitrogen and oxygen atoms in total. The largest absolute Gasteiger partial charge is 0.348 e. The van der Waals surface area contributed by atoms with Gasteiger partial charge in [0.15, 0.2) is 0 Å². The van der Waals surface area contributed by atoms with Crippen molar-refractivity contribution in [1.82, 2.24) is 9.97 Å². The summed E-state index contributed by atoms with van der Waals surface area (Å²) in [7, 11) is 0. The summed E-state index contributed by atoms with van der Waals surface area (Å²) >= 11 is 0. The van der Waals surface area contributed by atoms with Crippen LogP contribution < -0.4 is 0 Å². The first kappa shape index (κ1) is 7.32. The Bertz CT molecular complexity index is 163. The van der Waals surface area contributed by atoms with Crippen molar-refractivity contribution in [3.63, 3.8) is 0 Å². The van der Waals surface area contributed by atoms with Crippen LogP contribution in [0.4, 0.5) is 0 Å². The topological polar surface area (TPSA) is 28.7 Å². The minimum Gasteiger partial charge on any atom is -0.348 e. The fraction of sp³-hybridized carbons (Fsp3) is 0.625. The Balaban J connectivity index is 2.64. The Labute approximate surface area is 61.7 Å². The average molecular weight is 138 g/mol. The Kier molecular flexibility index (Phi) is 2.49. The van der Waals surface area contributed by atoms with E-state index in [4.69, 9.17) is 0 Å². The van der Waals surface area contributed by atoms with Gasteiger partial charge in [0.2, 0.25) is 0 Å². The third-order valence-electron chi connectivity index (χ3n) is 1.94. The molecular formula is C8H14N2. The van der Waals surface area contributed by atoms with Crippen LogP contribution in [-0.4, -0.2) is 9.97 Å². The molecular weight excluding hydrogens is 124 g/mol. The van der Waals surface area contributed by atoms with Gasteiger partial charge in [-0.05, 0) is 12.8 Å². The Morgan fingerprint density at radius 2 is 2.20 bits per heavy atom. The van der Waals surface area contributed by atoms with Gasteiger partial charge in [-0.25, -0.2) is 4.98 Å². The van der Waals surface area contributed by atoms with Crippen molar-refractivity contribution in [2.24, 2.45) is 0 Å². The normalized spacial score (nSPS) is 10.7. The molecule has 1 rings (SSSR count). The van der Waals surface area contributed by atoms with E-state index in [9.17, 15) is 0 Å². The highest BCUT2D eigenvalue weighted by Crippen LogP contribution is 2.19. The molecule has 1 N–H and O–H groups in total. The predicted octanol–water partition coefficient (Wildman–Crippen LogP) is 2.31. The maximum atomic E-state index is 3.98. The van der Waals surface area contributed by atoms with Gasteiger partial charge in [0.1, 0.15) is 0 Å². The summed E-state index contributed by atoms with van der Waals surface area (Å²) in [6, 6.07) is 0. The second kappa shape index (κ2) is 3.40. The SMILES string of the molecule is CCC(CC)c1cnc[nH]1. The zero-order valence-electron chi connectivity index (χ0n) is 6.59. The quantitative estimate of drug-likeness (QED) is 0.682. The van der Waals surface area contributed by atoms with E-state index in [0.29, 0.717) is 5.92 Å². The van der Waals surface area contributed by atoms with Crippen molar-refractivity contribution in [3.8, 4) is 0 Å². The summed E-state index contributed by atoms with van der Waals surface area (Å²) in [5, 5.41) is 0. The second-order valence-corrected chi connectivity index (χ2v) is 2.52. The number of imidazole rings is 1. The Morgan fingerprint density at radius 3 is 2.60 bits per heavy atom. The van der Waals surface area contributed by atoms with Crippen LogP contribution in [0, 0.1) is 0 Å². The number of nitrogens with one attached hydrogen (secondary N) is 1. The van der Waals surface area contributed by atoms with Gasteiger partial charge in [0.05, 0.1) is 6.33 Å². The monoisotopic (exact) mass is 138 g/mol. The minimum absolute atomic E-state index is 0.669. The molecule has 0 unspecified atom stereocenters. The van der Waals surface area contributed by atoms with E-state index < -0.39 is 0 Å². The van der Waals surface area contributed by atoms with Crippen LogP contribution in [0.3, 0.4) is 0 Å². The molecule has 0 saturated carbocycles. The van der Waals surface area contributed by atoms with Crippen molar-refractivity contribution in [2.75, 3.05) is 0 Å². The van der Waals surface area contributed by atoms with E-state index in [0.717, 1.165) is 0 Å². The summed E-state index contributed by atoms with van der Waals surface area (Å²) in [6.45, 7) is 4.41. The highest BCUT2D eigenvalue weighted by atomic mass is 14.9. The third kappa shape index (κ3) is 1.38. The first-order valence-corrected chi connectivity index (χ1v) is 3.86. The number of aromatic nitrogens is 2. The van der Waals surface area contributed by atoms with E-state index in [-0.39, 0.29) is 0 Å². The van der Waals surface area contributed by atoms with Crippen LogP contribution in [0.15, 0.2) is 12.5 Å². The Morgan fingerprint density at radius 1 is 1.50 bits per heavy atom. The number of hydrogen-bond donors (Lipinski definition) is 1. The zero-order chi connectivity index (χ0) is 7.40. The molecule has 0 aliphatic rings. The molecule has 0 saturated heterocycles. The van der Waals surface area contributed by atoms with E-state index >= 15 is 0 Å². The van der Waals surface area contributed by atoms with Crippen LogP contribution in [0.25, 0.3) is 0 Å². The molecule has 0 fully saturated rings. The highest BCUT2D eigenvalue weighted by Gasteiger charge is 2.06. The van der Waals surface area contributed by atoms with Gasteiger partial charge in [-0.2, -0.15) is 0 Å². The van der Waals surface area contributed by atoms with Crippen molar-refractivity contribution in [2.45, 2.75) is 32.6 Å². The van der Waals surface area contributed by atoms with Crippen molar-refractivity contribution < 1.29 is 0 Å². The predicted molar refractivity (Wildman–Crippen MR) is 41.9 cm³/mol. The molecule has 56 valence electrons. The average Bonchev–Trinajstić information content (AvgIpc) is 2.43. The number of hydrogen-bond acceptors (Lipinski definition) is 1. The summed E-state index contributed by atoms with van der Waals surface area (Å²) in [6.07, 6.45) is 6.04. The van der Waals surface area contributed by atoms with Crippen LogP contribution in [0.2, 0.25) is 0 Å². The summed E-state index contributed by atoms with van der Waals surface area (Å²) in [5.41, 5.74) is 1.27. The van der Waals surface area contributed by atoms with Gasteiger partial charge < -0.3 is 4.98 Å². The summed E-state index contributed by atoms with van der Waals surface area (Å²) in [5.74, 6) is 0.669. The molecule has 0 radical (unpaired) electrons. The van der Waals surface area contributed by atoms with Gasteiger partial charge >= 0.3 is 0 Å². The number of aromatic amines is 1. The maximum absolute atomic E-state index is 3.98. The molecule has 2 heteroatoms. The fourth-order valence-electron chi connectivity index (χ4n) is 1.22. The van der Waals surface area contributed by atoms with Gasteiger partial charge in [-0.3, -0.25) is 0 Å². The van der Waals surface area contributed by atoms with E-state index in [1.165, 1.54) is 18.5 Å². The van der Waals surface area contributed by atoms with Crippen LogP contribution >= 0.6 is 0 Å². The second-order valence-electron chi connectivity index (χ2n) is 2.52. The summed E-state index contributed by atoms with van der Waals surface area (Å²) in [4.78, 5) is 7.11. The number of H-pyrrole nitrogens is 1. The first-order chi connectivity index (χ1) is 4.88. The molecule has 1 aromatic heterocycles. The molecule has 10 heavy (non-hydrogen) atoms. The molecule has 0 aliphatic heterocycles. The lowest BCUT2D eigenvalue weighted by atomic mass is 10.0. The number of nitrogens with zero attached hydrogens (tertiary/aromatic N) is 1. The van der Waals surface area contributed by atoms with Crippen molar-refractivity contribution in [1.29, 1.82) is 0 Å². The zero-order valence-corrected chi connectivity index (χ0v) is 6.59. The smallest absolute Gasteiger partial charge is 0.0921 e. The molecule has 1 aromatic rings. The maximum Gasteiger partial charge on any atom is 0.0921 e.